The van der Waals surface area contributed by atoms with Gasteiger partial charge in [-0.25, -0.2) is 0 Å². The lowest BCUT2D eigenvalue weighted by molar-refractivity contribution is 0.552. The molecule has 4 heteroatoms. The van der Waals surface area contributed by atoms with E-state index in [1.165, 1.54) is 15.3 Å². The summed E-state index contributed by atoms with van der Waals surface area (Å²) >= 11 is 9.45. The van der Waals surface area contributed by atoms with Gasteiger partial charge in [0, 0.05) is 22.1 Å². The number of benzene rings is 1. The normalized spacial score (nSPS) is 11.2. The second-order valence-electron chi connectivity index (χ2n) is 5.16. The van der Waals surface area contributed by atoms with Gasteiger partial charge >= 0.3 is 0 Å². The highest BCUT2D eigenvalue weighted by Crippen LogP contribution is 2.29. The average Bonchev–Trinajstić information content (AvgIpc) is 2.83. The molecule has 108 valence electrons. The van der Waals surface area contributed by atoms with Crippen LogP contribution in [0.5, 0.6) is 0 Å². The lowest BCUT2D eigenvalue weighted by Gasteiger charge is -2.08. The molecule has 2 aromatic rings. The van der Waals surface area contributed by atoms with Crippen molar-refractivity contribution in [3.05, 3.63) is 51.2 Å². The number of nitrogens with one attached hydrogen (secondary N) is 1. The Morgan fingerprint density at radius 3 is 2.50 bits per heavy atom. The van der Waals surface area contributed by atoms with Crippen molar-refractivity contribution in [3.8, 4) is 0 Å². The summed E-state index contributed by atoms with van der Waals surface area (Å²) in [6, 6.07) is 12.9. The van der Waals surface area contributed by atoms with Crippen LogP contribution in [0.3, 0.4) is 0 Å². The van der Waals surface area contributed by atoms with E-state index in [-0.39, 0.29) is 0 Å². The van der Waals surface area contributed by atoms with E-state index in [0.29, 0.717) is 5.92 Å². The fourth-order valence-corrected chi connectivity index (χ4v) is 3.82. The molecule has 1 nitrogen and oxygen atoms in total. The molecule has 1 N–H and O–H groups in total. The van der Waals surface area contributed by atoms with Gasteiger partial charge in [-0.05, 0) is 42.3 Å². The summed E-state index contributed by atoms with van der Waals surface area (Å²) in [6.45, 7) is 6.46. The minimum atomic E-state index is 0.697. The van der Waals surface area contributed by atoms with Gasteiger partial charge in [0.1, 0.15) is 0 Å². The van der Waals surface area contributed by atoms with E-state index >= 15 is 0 Å². The second kappa shape index (κ2) is 8.08. The molecular formula is C16H20ClNS2. The molecule has 0 aliphatic carbocycles. The van der Waals surface area contributed by atoms with Crippen LogP contribution in [0.1, 0.15) is 24.3 Å². The Morgan fingerprint density at radius 1 is 1.15 bits per heavy atom. The predicted octanol–water partition coefficient (Wildman–Crippen LogP) is 5.44. The molecule has 0 bridgehead atoms. The third-order valence-electron chi connectivity index (χ3n) is 2.82. The summed E-state index contributed by atoms with van der Waals surface area (Å²) in [5, 5.41) is 3.46. The Labute approximate surface area is 134 Å². The van der Waals surface area contributed by atoms with Crippen LogP contribution in [0.25, 0.3) is 0 Å². The van der Waals surface area contributed by atoms with E-state index in [1.807, 2.05) is 17.8 Å². The monoisotopic (exact) mass is 325 g/mol. The molecule has 1 aromatic heterocycles. The van der Waals surface area contributed by atoms with E-state index in [0.717, 1.165) is 23.2 Å². The highest BCUT2D eigenvalue weighted by Gasteiger charge is 2.01. The largest absolute Gasteiger partial charge is 0.312 e. The maximum Gasteiger partial charge on any atom is 0.0931 e. The minimum Gasteiger partial charge on any atom is -0.312 e. The topological polar surface area (TPSA) is 12.0 Å². The van der Waals surface area contributed by atoms with Gasteiger partial charge in [0.05, 0.1) is 4.34 Å². The van der Waals surface area contributed by atoms with E-state index in [1.54, 1.807) is 11.3 Å². The molecule has 0 atom stereocenters. The number of hydrogen-bond donors (Lipinski definition) is 1. The summed E-state index contributed by atoms with van der Waals surface area (Å²) in [7, 11) is 0. The predicted molar refractivity (Wildman–Crippen MR) is 91.9 cm³/mol. The smallest absolute Gasteiger partial charge is 0.0931 e. The van der Waals surface area contributed by atoms with Gasteiger partial charge < -0.3 is 5.32 Å². The third kappa shape index (κ3) is 5.49. The number of halogens is 1. The van der Waals surface area contributed by atoms with Crippen molar-refractivity contribution in [1.82, 2.24) is 5.32 Å². The molecule has 0 saturated heterocycles. The summed E-state index contributed by atoms with van der Waals surface area (Å²) in [5.74, 6) is 1.69. The fraction of sp³-hybridized carbons (Fsp3) is 0.375. The Morgan fingerprint density at radius 2 is 1.90 bits per heavy atom. The standard InChI is InChI=1S/C16H20ClNS2/c1-12(2)9-18-10-13-3-5-14(6-4-13)19-11-15-7-8-16(17)20-15/h3-8,12,18H,9-11H2,1-2H3. The third-order valence-corrected chi connectivity index (χ3v) is 5.29. The molecule has 0 amide bonds. The van der Waals surface area contributed by atoms with Gasteiger partial charge in [-0.3, -0.25) is 0 Å². The van der Waals surface area contributed by atoms with Crippen molar-refractivity contribution in [2.45, 2.75) is 31.0 Å². The molecule has 1 aromatic carbocycles. The lowest BCUT2D eigenvalue weighted by Crippen LogP contribution is -2.18. The highest BCUT2D eigenvalue weighted by atomic mass is 35.5. The Balaban J connectivity index is 1.79. The van der Waals surface area contributed by atoms with Gasteiger partial charge in [0.25, 0.3) is 0 Å². The fourth-order valence-electron chi connectivity index (χ4n) is 1.79. The molecule has 1 heterocycles. The average molecular weight is 326 g/mol. The maximum atomic E-state index is 5.94. The van der Waals surface area contributed by atoms with Crippen LogP contribution in [0.4, 0.5) is 0 Å². The molecule has 0 unspecified atom stereocenters. The SMILES string of the molecule is CC(C)CNCc1ccc(SCc2ccc(Cl)s2)cc1. The van der Waals surface area contributed by atoms with Crippen molar-refractivity contribution in [3.63, 3.8) is 0 Å². The van der Waals surface area contributed by atoms with Gasteiger partial charge in [0.15, 0.2) is 0 Å². The van der Waals surface area contributed by atoms with E-state index in [9.17, 15) is 0 Å². The molecule has 0 spiro atoms. The Kier molecular flexibility index (Phi) is 6.43. The first-order chi connectivity index (χ1) is 9.63. The van der Waals surface area contributed by atoms with Crippen LogP contribution in [-0.4, -0.2) is 6.54 Å². The number of hydrogen-bond acceptors (Lipinski definition) is 3. The molecular weight excluding hydrogens is 306 g/mol. The van der Waals surface area contributed by atoms with Crippen molar-refractivity contribution < 1.29 is 0 Å². The van der Waals surface area contributed by atoms with Crippen molar-refractivity contribution in [2.24, 2.45) is 5.92 Å². The Bertz CT molecular complexity index is 520. The van der Waals surface area contributed by atoms with Crippen LogP contribution in [0.2, 0.25) is 4.34 Å². The van der Waals surface area contributed by atoms with Gasteiger partial charge in [0.2, 0.25) is 0 Å². The number of thioether (sulfide) groups is 1. The van der Waals surface area contributed by atoms with Crippen LogP contribution < -0.4 is 5.32 Å². The number of thiophene rings is 1. The van der Waals surface area contributed by atoms with Gasteiger partial charge in [-0.15, -0.1) is 23.1 Å². The highest BCUT2D eigenvalue weighted by molar-refractivity contribution is 7.98. The molecule has 20 heavy (non-hydrogen) atoms. The first kappa shape index (κ1) is 15.9. The molecule has 0 aliphatic heterocycles. The first-order valence-corrected chi connectivity index (χ1v) is 8.98. The van der Waals surface area contributed by atoms with Crippen molar-refractivity contribution >= 4 is 34.7 Å². The molecule has 0 aliphatic rings. The quantitative estimate of drug-likeness (QED) is 0.680. The van der Waals surface area contributed by atoms with Crippen molar-refractivity contribution in [2.75, 3.05) is 6.54 Å². The van der Waals surface area contributed by atoms with E-state index in [2.05, 4.69) is 49.5 Å². The van der Waals surface area contributed by atoms with Crippen LogP contribution in [0, 0.1) is 5.92 Å². The van der Waals surface area contributed by atoms with Crippen LogP contribution >= 0.6 is 34.7 Å². The molecule has 2 rings (SSSR count). The summed E-state index contributed by atoms with van der Waals surface area (Å²) < 4.78 is 0.868. The zero-order valence-electron chi connectivity index (χ0n) is 11.9. The minimum absolute atomic E-state index is 0.697. The molecule has 0 fully saturated rings. The van der Waals surface area contributed by atoms with Crippen LogP contribution in [0.15, 0.2) is 41.3 Å². The van der Waals surface area contributed by atoms with Crippen LogP contribution in [-0.2, 0) is 12.3 Å². The zero-order chi connectivity index (χ0) is 14.4. The van der Waals surface area contributed by atoms with E-state index < -0.39 is 0 Å². The molecule has 0 saturated carbocycles. The summed E-state index contributed by atoms with van der Waals surface area (Å²) in [4.78, 5) is 2.63. The Hall–Kier alpha value is -0.480. The van der Waals surface area contributed by atoms with Crippen molar-refractivity contribution in [1.29, 1.82) is 0 Å². The van der Waals surface area contributed by atoms with Gasteiger partial charge in [-0.2, -0.15) is 0 Å². The van der Waals surface area contributed by atoms with E-state index in [4.69, 9.17) is 11.6 Å². The summed E-state index contributed by atoms with van der Waals surface area (Å²) in [5.41, 5.74) is 1.34. The first-order valence-electron chi connectivity index (χ1n) is 6.80. The maximum absolute atomic E-state index is 5.94. The second-order valence-corrected chi connectivity index (χ2v) is 8.01. The summed E-state index contributed by atoms with van der Waals surface area (Å²) in [6.07, 6.45) is 0. The number of rotatable bonds is 7. The zero-order valence-corrected chi connectivity index (χ0v) is 14.2. The van der Waals surface area contributed by atoms with Gasteiger partial charge in [-0.1, -0.05) is 37.6 Å². The lowest BCUT2D eigenvalue weighted by atomic mass is 10.2. The molecule has 0 radical (unpaired) electrons.